The van der Waals surface area contributed by atoms with E-state index in [9.17, 15) is 4.79 Å². The van der Waals surface area contributed by atoms with Crippen molar-refractivity contribution in [3.05, 3.63) is 101 Å². The van der Waals surface area contributed by atoms with Gasteiger partial charge in [0.15, 0.2) is 0 Å². The summed E-state index contributed by atoms with van der Waals surface area (Å²) in [7, 11) is -0.567. The molecule has 3 aromatic rings. The predicted molar refractivity (Wildman–Crippen MR) is 166 cm³/mol. The molecule has 0 unspecified atom stereocenters. The van der Waals surface area contributed by atoms with Gasteiger partial charge in [-0.15, -0.1) is 0 Å². The van der Waals surface area contributed by atoms with E-state index < -0.39 is 8.32 Å². The Kier molecular flexibility index (Phi) is 9.23. The van der Waals surface area contributed by atoms with E-state index in [4.69, 9.17) is 9.16 Å². The van der Waals surface area contributed by atoms with E-state index in [1.807, 2.05) is 12.1 Å². The lowest BCUT2D eigenvalue weighted by molar-refractivity contribution is 0.0195. The van der Waals surface area contributed by atoms with Crippen LogP contribution in [0, 0.1) is 0 Å². The van der Waals surface area contributed by atoms with Crippen LogP contribution in [0.4, 0.5) is 0 Å². The molecule has 3 aromatic carbocycles. The third kappa shape index (κ3) is 6.85. The molecule has 0 saturated carbocycles. The van der Waals surface area contributed by atoms with Crippen LogP contribution in [0.2, 0.25) is 18.1 Å². The molecule has 1 fully saturated rings. The van der Waals surface area contributed by atoms with Crippen molar-refractivity contribution in [2.24, 2.45) is 0 Å². The Morgan fingerprint density at radius 3 is 2.20 bits per heavy atom. The maximum atomic E-state index is 12.2. The third-order valence-corrected chi connectivity index (χ3v) is 13.1. The Balaban J connectivity index is 1.68. The molecule has 0 N–H and O–H groups in total. The highest BCUT2D eigenvalue weighted by atomic mass is 28.4. The van der Waals surface area contributed by atoms with E-state index in [1.165, 1.54) is 18.2 Å². The van der Waals surface area contributed by atoms with Gasteiger partial charge in [0.1, 0.15) is 5.75 Å². The summed E-state index contributed by atoms with van der Waals surface area (Å²) in [6.45, 7) is 18.9. The Morgan fingerprint density at radius 1 is 0.900 bits per heavy atom. The predicted octanol–water partition coefficient (Wildman–Crippen LogP) is 7.54. The first kappa shape index (κ1) is 30.0. The summed E-state index contributed by atoms with van der Waals surface area (Å²) in [5.74, 6) is 0.619. The first-order valence-electron chi connectivity index (χ1n) is 14.4. The van der Waals surface area contributed by atoms with E-state index in [1.54, 1.807) is 0 Å². The van der Waals surface area contributed by atoms with E-state index in [2.05, 4.69) is 124 Å². The number of hydrogen-bond donors (Lipinski definition) is 0. The van der Waals surface area contributed by atoms with Crippen molar-refractivity contribution in [3.63, 3.8) is 0 Å². The highest BCUT2D eigenvalue weighted by Crippen LogP contribution is 2.39. The molecule has 6 heteroatoms. The second kappa shape index (κ2) is 12.3. The van der Waals surface area contributed by atoms with Gasteiger partial charge in [0.2, 0.25) is 8.32 Å². The number of carbonyl (C=O) groups is 1. The number of rotatable bonds is 8. The topological polar surface area (TPSA) is 42.0 Å². The Morgan fingerprint density at radius 2 is 1.57 bits per heavy atom. The highest BCUT2D eigenvalue weighted by Gasteiger charge is 2.39. The molecule has 0 spiro atoms. The lowest BCUT2D eigenvalue weighted by atomic mass is 9.92. The van der Waals surface area contributed by atoms with Gasteiger partial charge < -0.3 is 9.16 Å². The number of hydrogen-bond acceptors (Lipinski definition) is 5. The fraction of sp³-hybridized carbons (Fsp3) is 0.441. The quantitative estimate of drug-likeness (QED) is 0.211. The largest absolute Gasteiger partial charge is 0.543 e. The van der Waals surface area contributed by atoms with Gasteiger partial charge in [-0.1, -0.05) is 75.4 Å². The maximum absolute atomic E-state index is 12.2. The molecule has 4 rings (SSSR count). The number of methoxy groups -OCH3 is 1. The summed E-state index contributed by atoms with van der Waals surface area (Å²) in [5, 5.41) is 0.116. The number of esters is 1. The lowest BCUT2D eigenvalue weighted by Crippen LogP contribution is -2.56. The van der Waals surface area contributed by atoms with Crippen LogP contribution >= 0.6 is 0 Å². The molecule has 1 heterocycles. The van der Waals surface area contributed by atoms with Gasteiger partial charge in [-0.3, -0.25) is 9.80 Å². The molecule has 0 bridgehead atoms. The minimum atomic E-state index is -1.99. The molecule has 0 aromatic heterocycles. The number of benzene rings is 3. The third-order valence-electron chi connectivity index (χ3n) is 8.72. The highest BCUT2D eigenvalue weighted by molar-refractivity contribution is 6.74. The summed E-state index contributed by atoms with van der Waals surface area (Å²) in [6.07, 6.45) is 0. The van der Waals surface area contributed by atoms with Crippen molar-refractivity contribution in [1.82, 2.24) is 9.80 Å². The molecule has 40 heavy (non-hydrogen) atoms. The van der Waals surface area contributed by atoms with E-state index in [-0.39, 0.29) is 17.0 Å². The minimum Gasteiger partial charge on any atom is -0.543 e. The van der Waals surface area contributed by atoms with Gasteiger partial charge in [-0.25, -0.2) is 4.79 Å². The van der Waals surface area contributed by atoms with Gasteiger partial charge >= 0.3 is 5.97 Å². The van der Waals surface area contributed by atoms with Crippen LogP contribution in [-0.4, -0.2) is 56.4 Å². The van der Waals surface area contributed by atoms with Gasteiger partial charge in [-0.2, -0.15) is 0 Å². The zero-order valence-corrected chi connectivity index (χ0v) is 26.5. The van der Waals surface area contributed by atoms with Crippen LogP contribution in [0.15, 0.2) is 78.9 Å². The summed E-state index contributed by atoms with van der Waals surface area (Å²) < 4.78 is 11.7. The molecular weight excluding hydrogens is 512 g/mol. The second-order valence-corrected chi connectivity index (χ2v) is 17.5. The minimum absolute atomic E-state index is 0.0333. The number of piperazine rings is 1. The van der Waals surface area contributed by atoms with E-state index in [0.717, 1.165) is 30.9 Å². The molecule has 1 saturated heterocycles. The summed E-state index contributed by atoms with van der Waals surface area (Å²) in [6, 6.07) is 28.0. The van der Waals surface area contributed by atoms with Gasteiger partial charge in [-0.05, 0) is 72.9 Å². The normalized spacial score (nSPS) is 19.7. The van der Waals surface area contributed by atoms with Crippen molar-refractivity contribution in [2.75, 3.05) is 20.2 Å². The van der Waals surface area contributed by atoms with Crippen molar-refractivity contribution < 1.29 is 14.0 Å². The fourth-order valence-corrected chi connectivity index (χ4v) is 6.34. The van der Waals surface area contributed by atoms with Crippen molar-refractivity contribution in [2.45, 2.75) is 77.4 Å². The average molecular weight is 559 g/mol. The van der Waals surface area contributed by atoms with E-state index >= 15 is 0 Å². The van der Waals surface area contributed by atoms with Crippen LogP contribution in [0.3, 0.4) is 0 Å². The van der Waals surface area contributed by atoms with Crippen LogP contribution in [0.1, 0.15) is 67.7 Å². The number of ether oxygens (including phenoxy) is 1. The van der Waals surface area contributed by atoms with Crippen molar-refractivity contribution >= 4 is 14.3 Å². The molecule has 0 radical (unpaired) electrons. The van der Waals surface area contributed by atoms with Crippen LogP contribution in [0.25, 0.3) is 0 Å². The SMILES string of the molecule is COC(=O)c1ccc([C@H](c2cccc(O[Si](C)(C)C(C)(C)C)c2)N2C[C@@H](C)N(Cc3ccccc3)C[C@@H]2C)cc1. The number of carbonyl (C=O) groups excluding carboxylic acids is 1. The van der Waals surface area contributed by atoms with Gasteiger partial charge in [0, 0.05) is 31.7 Å². The molecule has 214 valence electrons. The molecule has 0 amide bonds. The molecule has 5 nitrogen and oxygen atoms in total. The van der Waals surface area contributed by atoms with E-state index in [0.29, 0.717) is 17.6 Å². The lowest BCUT2D eigenvalue weighted by Gasteiger charge is -2.48. The van der Waals surface area contributed by atoms with Crippen LogP contribution in [-0.2, 0) is 11.3 Å². The van der Waals surface area contributed by atoms with Crippen LogP contribution < -0.4 is 4.43 Å². The fourth-order valence-electron chi connectivity index (χ4n) is 5.31. The standard InChI is InChI=1S/C34H46N2O3Si/c1-25-23-36(26(2)22-35(25)24-27-13-10-9-11-14-27)32(28-17-19-29(20-18-28)33(37)38-6)30-15-12-16-31(21-30)39-40(7,8)34(3,4)5/h9-21,25-26,32H,22-24H2,1-8H3/t25-,26+,32-/m1/s1. The number of nitrogens with zero attached hydrogens (tertiary/aromatic N) is 2. The second-order valence-electron chi connectivity index (χ2n) is 12.8. The maximum Gasteiger partial charge on any atom is 0.337 e. The average Bonchev–Trinajstić information content (AvgIpc) is 2.91. The molecule has 0 aliphatic carbocycles. The first-order valence-corrected chi connectivity index (χ1v) is 17.3. The molecule has 1 aliphatic heterocycles. The van der Waals surface area contributed by atoms with Gasteiger partial charge in [0.05, 0.1) is 18.7 Å². The summed E-state index contributed by atoms with van der Waals surface area (Å²) in [5.41, 5.74) is 4.28. The summed E-state index contributed by atoms with van der Waals surface area (Å²) >= 11 is 0. The van der Waals surface area contributed by atoms with Crippen LogP contribution in [0.5, 0.6) is 5.75 Å². The Hall–Kier alpha value is -2.93. The smallest absolute Gasteiger partial charge is 0.337 e. The molecule has 3 atom stereocenters. The molecular formula is C34H46N2O3Si. The summed E-state index contributed by atoms with van der Waals surface area (Å²) in [4.78, 5) is 17.4. The van der Waals surface area contributed by atoms with Crippen molar-refractivity contribution in [3.8, 4) is 5.75 Å². The van der Waals surface area contributed by atoms with Crippen molar-refractivity contribution in [1.29, 1.82) is 0 Å². The molecule has 1 aliphatic rings. The Bertz CT molecular complexity index is 1270. The Labute approximate surface area is 242 Å². The first-order chi connectivity index (χ1) is 18.9. The monoisotopic (exact) mass is 558 g/mol. The zero-order chi connectivity index (χ0) is 29.1. The zero-order valence-electron chi connectivity index (χ0n) is 25.5. The van der Waals surface area contributed by atoms with Gasteiger partial charge in [0.25, 0.3) is 0 Å².